The van der Waals surface area contributed by atoms with Crippen LogP contribution in [-0.2, 0) is 0 Å². The van der Waals surface area contributed by atoms with Crippen molar-refractivity contribution in [3.05, 3.63) is 5.28 Å². The second kappa shape index (κ2) is 4.80. The van der Waals surface area contributed by atoms with Crippen molar-refractivity contribution in [2.24, 2.45) is 0 Å². The second-order valence-corrected chi connectivity index (χ2v) is 3.98. The molecular weight excluding hydrogens is 230 g/mol. The van der Waals surface area contributed by atoms with Gasteiger partial charge in [0.2, 0.25) is 17.2 Å². The summed E-state index contributed by atoms with van der Waals surface area (Å²) >= 11 is 5.81. The van der Waals surface area contributed by atoms with Crippen LogP contribution in [0.15, 0.2) is 0 Å². The topological polar surface area (TPSA) is 74.2 Å². The summed E-state index contributed by atoms with van der Waals surface area (Å²) in [6.45, 7) is 3.97. The lowest BCUT2D eigenvalue weighted by Crippen LogP contribution is -2.24. The van der Waals surface area contributed by atoms with E-state index in [1.165, 1.54) is 0 Å². The standard InChI is InChI=1S/C9H14ClN5O/c1-2-11-8-12-7(10)13-9(14-8)15-4-3-6(16)5-15/h6,16H,2-5H2,1H3,(H,11,12,13,14). The van der Waals surface area contributed by atoms with E-state index in [9.17, 15) is 5.11 Å². The van der Waals surface area contributed by atoms with Gasteiger partial charge < -0.3 is 15.3 Å². The first-order valence-electron chi connectivity index (χ1n) is 5.27. The minimum atomic E-state index is -0.307. The van der Waals surface area contributed by atoms with Crippen molar-refractivity contribution in [2.45, 2.75) is 19.4 Å². The maximum atomic E-state index is 9.44. The van der Waals surface area contributed by atoms with E-state index in [0.29, 0.717) is 18.4 Å². The highest BCUT2D eigenvalue weighted by molar-refractivity contribution is 6.28. The maximum Gasteiger partial charge on any atom is 0.231 e. The fraction of sp³-hybridized carbons (Fsp3) is 0.667. The summed E-state index contributed by atoms with van der Waals surface area (Å²) in [5.74, 6) is 0.992. The first-order chi connectivity index (χ1) is 7.69. The molecule has 2 N–H and O–H groups in total. The zero-order chi connectivity index (χ0) is 11.5. The Labute approximate surface area is 98.7 Å². The third kappa shape index (κ3) is 2.51. The van der Waals surface area contributed by atoms with Crippen LogP contribution in [0.3, 0.4) is 0 Å². The Morgan fingerprint density at radius 1 is 1.50 bits per heavy atom. The summed E-state index contributed by atoms with van der Waals surface area (Å²) in [5, 5.41) is 12.6. The number of aliphatic hydroxyl groups excluding tert-OH is 1. The van der Waals surface area contributed by atoms with Gasteiger partial charge in [-0.3, -0.25) is 0 Å². The summed E-state index contributed by atoms with van der Waals surface area (Å²) in [6.07, 6.45) is 0.429. The minimum absolute atomic E-state index is 0.169. The van der Waals surface area contributed by atoms with E-state index in [-0.39, 0.29) is 11.4 Å². The average molecular weight is 244 g/mol. The highest BCUT2D eigenvalue weighted by Gasteiger charge is 2.23. The molecule has 88 valence electrons. The maximum absolute atomic E-state index is 9.44. The molecule has 1 atom stereocenters. The molecule has 1 aromatic rings. The molecule has 1 saturated heterocycles. The van der Waals surface area contributed by atoms with Crippen molar-refractivity contribution < 1.29 is 5.11 Å². The molecule has 0 spiro atoms. The quantitative estimate of drug-likeness (QED) is 0.807. The molecule has 1 aliphatic rings. The number of aliphatic hydroxyl groups is 1. The molecule has 7 heteroatoms. The van der Waals surface area contributed by atoms with Crippen LogP contribution in [0, 0.1) is 0 Å². The highest BCUT2D eigenvalue weighted by Crippen LogP contribution is 2.18. The van der Waals surface area contributed by atoms with Crippen molar-refractivity contribution in [2.75, 3.05) is 29.9 Å². The number of rotatable bonds is 3. The van der Waals surface area contributed by atoms with Gasteiger partial charge in [0.05, 0.1) is 6.10 Å². The molecule has 6 nitrogen and oxygen atoms in total. The van der Waals surface area contributed by atoms with Gasteiger partial charge in [-0.05, 0) is 24.9 Å². The van der Waals surface area contributed by atoms with Gasteiger partial charge in [-0.1, -0.05) is 0 Å². The van der Waals surface area contributed by atoms with Crippen molar-refractivity contribution in [1.29, 1.82) is 0 Å². The number of halogens is 1. The van der Waals surface area contributed by atoms with Gasteiger partial charge in [0.15, 0.2) is 0 Å². The molecule has 1 aromatic heterocycles. The Morgan fingerprint density at radius 3 is 2.94 bits per heavy atom. The molecule has 2 rings (SSSR count). The first-order valence-corrected chi connectivity index (χ1v) is 5.65. The Bertz CT molecular complexity index is 375. The van der Waals surface area contributed by atoms with Gasteiger partial charge in [0, 0.05) is 19.6 Å². The van der Waals surface area contributed by atoms with E-state index in [0.717, 1.165) is 19.5 Å². The molecule has 1 aliphatic heterocycles. The molecule has 0 aromatic carbocycles. The lowest BCUT2D eigenvalue weighted by molar-refractivity contribution is 0.198. The second-order valence-electron chi connectivity index (χ2n) is 3.65. The Morgan fingerprint density at radius 2 is 2.31 bits per heavy atom. The third-order valence-corrected chi connectivity index (χ3v) is 2.55. The molecule has 1 fully saturated rings. The first kappa shape index (κ1) is 11.3. The molecular formula is C9H14ClN5O. The minimum Gasteiger partial charge on any atom is -0.391 e. The zero-order valence-corrected chi connectivity index (χ0v) is 9.78. The zero-order valence-electron chi connectivity index (χ0n) is 9.02. The normalized spacial score (nSPS) is 20.2. The lowest BCUT2D eigenvalue weighted by atomic mass is 10.3. The predicted octanol–water partition coefficient (Wildman–Crippen LogP) is 0.528. The van der Waals surface area contributed by atoms with Crippen LogP contribution in [0.2, 0.25) is 5.28 Å². The number of hydrogen-bond acceptors (Lipinski definition) is 6. The molecule has 0 bridgehead atoms. The van der Waals surface area contributed by atoms with Crippen molar-refractivity contribution in [3.63, 3.8) is 0 Å². The molecule has 16 heavy (non-hydrogen) atoms. The monoisotopic (exact) mass is 243 g/mol. The van der Waals surface area contributed by atoms with Gasteiger partial charge in [0.25, 0.3) is 0 Å². The Hall–Kier alpha value is -1.14. The van der Waals surface area contributed by atoms with Crippen LogP contribution < -0.4 is 10.2 Å². The van der Waals surface area contributed by atoms with E-state index in [1.807, 2.05) is 11.8 Å². The number of nitrogens with zero attached hydrogens (tertiary/aromatic N) is 4. The number of hydrogen-bond donors (Lipinski definition) is 2. The van der Waals surface area contributed by atoms with Crippen LogP contribution >= 0.6 is 11.6 Å². The smallest absolute Gasteiger partial charge is 0.231 e. The predicted molar refractivity (Wildman–Crippen MR) is 61.8 cm³/mol. The Balaban J connectivity index is 2.20. The number of aromatic nitrogens is 3. The van der Waals surface area contributed by atoms with Gasteiger partial charge in [-0.25, -0.2) is 0 Å². The fourth-order valence-electron chi connectivity index (χ4n) is 1.64. The number of anilines is 2. The summed E-state index contributed by atoms with van der Waals surface area (Å²) in [5.41, 5.74) is 0. The van der Waals surface area contributed by atoms with Crippen LogP contribution in [0.1, 0.15) is 13.3 Å². The molecule has 0 amide bonds. The van der Waals surface area contributed by atoms with E-state index in [2.05, 4.69) is 20.3 Å². The Kier molecular flexibility index (Phi) is 3.40. The van der Waals surface area contributed by atoms with Crippen molar-refractivity contribution in [1.82, 2.24) is 15.0 Å². The van der Waals surface area contributed by atoms with Gasteiger partial charge in [0.1, 0.15) is 0 Å². The molecule has 0 aliphatic carbocycles. The van der Waals surface area contributed by atoms with Crippen LogP contribution in [0.5, 0.6) is 0 Å². The highest BCUT2D eigenvalue weighted by atomic mass is 35.5. The molecule has 0 saturated carbocycles. The van der Waals surface area contributed by atoms with E-state index >= 15 is 0 Å². The largest absolute Gasteiger partial charge is 0.391 e. The van der Waals surface area contributed by atoms with Gasteiger partial charge in [-0.15, -0.1) is 0 Å². The van der Waals surface area contributed by atoms with E-state index in [1.54, 1.807) is 0 Å². The van der Waals surface area contributed by atoms with E-state index in [4.69, 9.17) is 11.6 Å². The van der Waals surface area contributed by atoms with Crippen LogP contribution in [0.4, 0.5) is 11.9 Å². The third-order valence-electron chi connectivity index (χ3n) is 2.38. The lowest BCUT2D eigenvalue weighted by Gasteiger charge is -2.15. The summed E-state index contributed by atoms with van der Waals surface area (Å²) in [6, 6.07) is 0. The SMILES string of the molecule is CCNc1nc(Cl)nc(N2CCC(O)C2)n1. The molecule has 2 heterocycles. The number of β-amino-alcohol motifs (C(OH)–C–C–N with tert-alkyl or cyclic N) is 1. The van der Waals surface area contributed by atoms with Gasteiger partial charge >= 0.3 is 0 Å². The number of nitrogens with one attached hydrogen (secondary N) is 1. The summed E-state index contributed by atoms with van der Waals surface area (Å²) < 4.78 is 0. The van der Waals surface area contributed by atoms with E-state index < -0.39 is 0 Å². The summed E-state index contributed by atoms with van der Waals surface area (Å²) in [4.78, 5) is 14.1. The summed E-state index contributed by atoms with van der Waals surface area (Å²) in [7, 11) is 0. The average Bonchev–Trinajstić information content (AvgIpc) is 2.64. The van der Waals surface area contributed by atoms with Crippen LogP contribution in [-0.4, -0.2) is 45.8 Å². The van der Waals surface area contributed by atoms with Crippen molar-refractivity contribution in [3.8, 4) is 0 Å². The molecule has 0 radical (unpaired) electrons. The van der Waals surface area contributed by atoms with Gasteiger partial charge in [-0.2, -0.15) is 15.0 Å². The van der Waals surface area contributed by atoms with Crippen molar-refractivity contribution >= 4 is 23.5 Å². The van der Waals surface area contributed by atoms with Crippen LogP contribution in [0.25, 0.3) is 0 Å². The molecule has 1 unspecified atom stereocenters. The fourth-order valence-corrected chi connectivity index (χ4v) is 1.80.